The van der Waals surface area contributed by atoms with Crippen LogP contribution in [0, 0.1) is 0 Å². The number of nitrogens with zero attached hydrogens (tertiary/aromatic N) is 2. The molecule has 0 aliphatic carbocycles. The van der Waals surface area contributed by atoms with Gasteiger partial charge in [-0.3, -0.25) is 9.40 Å². The monoisotopic (exact) mass is 347 g/mol. The molecular formula is C16H17N3O2S2. The second-order valence-corrected chi connectivity index (χ2v) is 7.71. The van der Waals surface area contributed by atoms with Crippen LogP contribution < -0.4 is 4.72 Å². The summed E-state index contributed by atoms with van der Waals surface area (Å²) in [5.41, 5.74) is 2.04. The molecule has 120 valence electrons. The number of anilines is 1. The average Bonchev–Trinajstić information content (AvgIpc) is 3.16. The highest BCUT2D eigenvalue weighted by Crippen LogP contribution is 2.31. The van der Waals surface area contributed by atoms with Crippen molar-refractivity contribution >= 4 is 27.0 Å². The van der Waals surface area contributed by atoms with E-state index in [0.717, 1.165) is 16.9 Å². The molecular weight excluding hydrogens is 330 g/mol. The molecule has 0 radical (unpaired) electrons. The van der Waals surface area contributed by atoms with Gasteiger partial charge in [0.05, 0.1) is 10.6 Å². The minimum absolute atomic E-state index is 0.188. The summed E-state index contributed by atoms with van der Waals surface area (Å²) in [6.45, 7) is 1.99. The third-order valence-electron chi connectivity index (χ3n) is 3.48. The molecule has 2 aromatic heterocycles. The van der Waals surface area contributed by atoms with Gasteiger partial charge in [-0.05, 0) is 29.5 Å². The van der Waals surface area contributed by atoms with Crippen LogP contribution in [0.3, 0.4) is 0 Å². The van der Waals surface area contributed by atoms with E-state index in [4.69, 9.17) is 0 Å². The summed E-state index contributed by atoms with van der Waals surface area (Å²) >= 11 is 1.47. The van der Waals surface area contributed by atoms with E-state index in [9.17, 15) is 8.42 Å². The van der Waals surface area contributed by atoms with Crippen molar-refractivity contribution in [2.24, 2.45) is 7.05 Å². The van der Waals surface area contributed by atoms with Crippen molar-refractivity contribution in [3.05, 3.63) is 53.5 Å². The summed E-state index contributed by atoms with van der Waals surface area (Å²) in [5, 5.41) is 6.21. The first-order chi connectivity index (χ1) is 11.0. The Morgan fingerprint density at radius 2 is 2.00 bits per heavy atom. The molecule has 0 atom stereocenters. The number of thiophene rings is 1. The summed E-state index contributed by atoms with van der Waals surface area (Å²) in [6, 6.07) is 11.2. The molecule has 0 aliphatic rings. The number of sulfonamides is 1. The fourth-order valence-electron chi connectivity index (χ4n) is 2.38. The lowest BCUT2D eigenvalue weighted by Crippen LogP contribution is -2.14. The quantitative estimate of drug-likeness (QED) is 0.768. The van der Waals surface area contributed by atoms with Crippen molar-refractivity contribution in [3.8, 4) is 10.6 Å². The van der Waals surface area contributed by atoms with Gasteiger partial charge >= 0.3 is 0 Å². The van der Waals surface area contributed by atoms with Gasteiger partial charge in [0, 0.05) is 13.2 Å². The summed E-state index contributed by atoms with van der Waals surface area (Å²) in [4.78, 5) is 1.02. The van der Waals surface area contributed by atoms with Crippen LogP contribution in [-0.2, 0) is 23.5 Å². The van der Waals surface area contributed by atoms with Crippen molar-refractivity contribution in [2.75, 3.05) is 4.72 Å². The smallest absolute Gasteiger partial charge is 0.265 e. The van der Waals surface area contributed by atoms with Gasteiger partial charge in [0.15, 0.2) is 0 Å². The number of benzene rings is 1. The number of aromatic nitrogens is 2. The second kappa shape index (κ2) is 6.17. The average molecular weight is 347 g/mol. The Hall–Kier alpha value is -2.12. The van der Waals surface area contributed by atoms with Crippen LogP contribution in [0.25, 0.3) is 10.6 Å². The van der Waals surface area contributed by atoms with E-state index in [2.05, 4.69) is 9.82 Å². The van der Waals surface area contributed by atoms with Crippen LogP contribution in [0.1, 0.15) is 12.5 Å². The SMILES string of the molecule is CCc1ccccc1NS(=O)(=O)c1cn(C)nc1-c1cccs1. The molecule has 0 amide bonds. The van der Waals surface area contributed by atoms with E-state index in [0.29, 0.717) is 11.4 Å². The fourth-order valence-corrected chi connectivity index (χ4v) is 4.46. The van der Waals surface area contributed by atoms with Crippen LogP contribution in [0.5, 0.6) is 0 Å². The van der Waals surface area contributed by atoms with Crippen LogP contribution in [0.4, 0.5) is 5.69 Å². The molecule has 5 nitrogen and oxygen atoms in total. The van der Waals surface area contributed by atoms with Crippen molar-refractivity contribution in [1.82, 2.24) is 9.78 Å². The minimum atomic E-state index is -3.71. The third kappa shape index (κ3) is 3.16. The zero-order chi connectivity index (χ0) is 16.4. The summed E-state index contributed by atoms with van der Waals surface area (Å²) in [6.07, 6.45) is 2.29. The first kappa shape index (κ1) is 15.8. The predicted molar refractivity (Wildman–Crippen MR) is 93.1 cm³/mol. The topological polar surface area (TPSA) is 64.0 Å². The van der Waals surface area contributed by atoms with Gasteiger partial charge in [0.1, 0.15) is 10.6 Å². The van der Waals surface area contributed by atoms with E-state index < -0.39 is 10.0 Å². The Bertz CT molecular complexity index is 913. The van der Waals surface area contributed by atoms with Gasteiger partial charge in [0.2, 0.25) is 0 Å². The van der Waals surface area contributed by atoms with Crippen LogP contribution in [0.15, 0.2) is 52.9 Å². The molecule has 0 bridgehead atoms. The van der Waals surface area contributed by atoms with Crippen molar-refractivity contribution < 1.29 is 8.42 Å². The standard InChI is InChI=1S/C16H17N3O2S2/c1-3-12-7-4-5-8-13(12)18-23(20,21)15-11-19(2)17-16(15)14-9-6-10-22-14/h4-11,18H,3H2,1-2H3. The molecule has 2 heterocycles. The zero-order valence-corrected chi connectivity index (χ0v) is 14.5. The molecule has 1 N–H and O–H groups in total. The highest BCUT2D eigenvalue weighted by atomic mass is 32.2. The van der Waals surface area contributed by atoms with Gasteiger partial charge in [-0.1, -0.05) is 31.2 Å². The number of aryl methyl sites for hydroxylation is 2. The molecule has 3 aromatic rings. The molecule has 0 spiro atoms. The number of hydrogen-bond donors (Lipinski definition) is 1. The molecule has 7 heteroatoms. The highest BCUT2D eigenvalue weighted by molar-refractivity contribution is 7.92. The van der Waals surface area contributed by atoms with E-state index in [1.54, 1.807) is 13.1 Å². The summed E-state index contributed by atoms with van der Waals surface area (Å²) in [5.74, 6) is 0. The largest absolute Gasteiger partial charge is 0.279 e. The zero-order valence-electron chi connectivity index (χ0n) is 12.9. The Labute approximate surface area is 139 Å². The number of hydrogen-bond acceptors (Lipinski definition) is 4. The summed E-state index contributed by atoms with van der Waals surface area (Å²) in [7, 11) is -1.99. The van der Waals surface area contributed by atoms with Crippen LogP contribution in [-0.4, -0.2) is 18.2 Å². The molecule has 1 aromatic carbocycles. The van der Waals surface area contributed by atoms with E-state index in [1.165, 1.54) is 22.2 Å². The Balaban J connectivity index is 2.04. The van der Waals surface area contributed by atoms with Gasteiger partial charge in [-0.15, -0.1) is 11.3 Å². The normalized spacial score (nSPS) is 11.6. The lowest BCUT2D eigenvalue weighted by atomic mass is 10.1. The Kier molecular flexibility index (Phi) is 4.23. The summed E-state index contributed by atoms with van der Waals surface area (Å²) < 4.78 is 29.9. The lowest BCUT2D eigenvalue weighted by molar-refractivity contribution is 0.601. The van der Waals surface area contributed by atoms with E-state index >= 15 is 0 Å². The van der Waals surface area contributed by atoms with Crippen molar-refractivity contribution in [3.63, 3.8) is 0 Å². The van der Waals surface area contributed by atoms with Crippen LogP contribution in [0.2, 0.25) is 0 Å². The molecule has 0 fully saturated rings. The van der Waals surface area contributed by atoms with Gasteiger partial charge in [0.25, 0.3) is 10.0 Å². The molecule has 0 saturated carbocycles. The first-order valence-electron chi connectivity index (χ1n) is 7.19. The predicted octanol–water partition coefficient (Wildman–Crippen LogP) is 3.51. The van der Waals surface area contributed by atoms with Gasteiger partial charge in [-0.2, -0.15) is 5.10 Å². The van der Waals surface area contributed by atoms with Crippen molar-refractivity contribution in [2.45, 2.75) is 18.2 Å². The number of rotatable bonds is 5. The van der Waals surface area contributed by atoms with Crippen molar-refractivity contribution in [1.29, 1.82) is 0 Å². The lowest BCUT2D eigenvalue weighted by Gasteiger charge is -2.11. The Morgan fingerprint density at radius 3 is 2.70 bits per heavy atom. The van der Waals surface area contributed by atoms with E-state index in [-0.39, 0.29) is 4.90 Å². The highest BCUT2D eigenvalue weighted by Gasteiger charge is 2.24. The molecule has 3 rings (SSSR count). The fraction of sp³-hybridized carbons (Fsp3) is 0.188. The van der Waals surface area contributed by atoms with Gasteiger partial charge in [-0.25, -0.2) is 8.42 Å². The minimum Gasteiger partial charge on any atom is -0.279 e. The maximum atomic E-state index is 12.8. The second-order valence-electron chi connectivity index (χ2n) is 5.11. The van der Waals surface area contributed by atoms with Gasteiger partial charge < -0.3 is 0 Å². The third-order valence-corrected chi connectivity index (χ3v) is 5.72. The molecule has 0 saturated heterocycles. The number of nitrogens with one attached hydrogen (secondary N) is 1. The molecule has 0 aliphatic heterocycles. The van der Waals surface area contributed by atoms with Crippen LogP contribution >= 0.6 is 11.3 Å². The first-order valence-corrected chi connectivity index (χ1v) is 9.56. The molecule has 0 unspecified atom stereocenters. The number of para-hydroxylation sites is 1. The molecule has 23 heavy (non-hydrogen) atoms. The van der Waals surface area contributed by atoms with E-state index in [1.807, 2.05) is 42.6 Å². The maximum Gasteiger partial charge on any atom is 0.265 e. The Morgan fingerprint density at radius 1 is 1.22 bits per heavy atom. The maximum absolute atomic E-state index is 12.8.